The van der Waals surface area contributed by atoms with Gasteiger partial charge in [0.2, 0.25) is 23.6 Å². The van der Waals surface area contributed by atoms with Crippen molar-refractivity contribution in [2.75, 3.05) is 65.9 Å². The number of carboxylic acids is 2. The van der Waals surface area contributed by atoms with Gasteiger partial charge in [-0.2, -0.15) is 0 Å². The molecule has 7 N–H and O–H groups in total. The van der Waals surface area contributed by atoms with Gasteiger partial charge in [-0.15, -0.1) is 0 Å². The molecule has 348 valence electrons. The first-order valence-corrected chi connectivity index (χ1v) is 22.3. The number of primary amides is 1. The lowest BCUT2D eigenvalue weighted by molar-refractivity contribution is -0.142. The molecule has 0 heterocycles. The van der Waals surface area contributed by atoms with Crippen LogP contribution in [-0.2, 0) is 52.5 Å². The first-order valence-electron chi connectivity index (χ1n) is 22.3. The second-order valence-electron chi connectivity index (χ2n) is 15.3. The van der Waals surface area contributed by atoms with E-state index in [0.29, 0.717) is 32.4 Å². The molecule has 0 aromatic heterocycles. The first kappa shape index (κ1) is 56.3. The minimum atomic E-state index is -1.16. The lowest BCUT2D eigenvalue weighted by Crippen LogP contribution is -2.41. The maximum absolute atomic E-state index is 12.3. The van der Waals surface area contributed by atoms with Gasteiger partial charge in [-0.05, 0) is 38.5 Å². The average Bonchev–Trinajstić information content (AvgIpc) is 3.20. The zero-order chi connectivity index (χ0) is 44.5. The molecule has 0 saturated carbocycles. The van der Waals surface area contributed by atoms with Crippen molar-refractivity contribution in [2.24, 2.45) is 11.7 Å². The fraction of sp³-hybridized carbons (Fsp3) is 0.837. The van der Waals surface area contributed by atoms with Gasteiger partial charge in [-0.3, -0.25) is 28.8 Å². The molecule has 0 saturated heterocycles. The van der Waals surface area contributed by atoms with Crippen LogP contribution in [0.4, 0.5) is 0 Å². The van der Waals surface area contributed by atoms with Crippen LogP contribution in [0.25, 0.3) is 0 Å². The van der Waals surface area contributed by atoms with Crippen molar-refractivity contribution in [2.45, 2.75) is 161 Å². The summed E-state index contributed by atoms with van der Waals surface area (Å²) in [5, 5.41) is 26.1. The number of carbonyl (C=O) groups is 7. The van der Waals surface area contributed by atoms with Gasteiger partial charge >= 0.3 is 11.9 Å². The zero-order valence-electron chi connectivity index (χ0n) is 36.5. The van der Waals surface area contributed by atoms with Gasteiger partial charge in [0.05, 0.1) is 33.0 Å². The number of Topliss-reactive ketones (excluding diaryl/α,β-unsaturated/α-hetero) is 1. The van der Waals surface area contributed by atoms with Crippen molar-refractivity contribution in [3.63, 3.8) is 0 Å². The Balaban J connectivity index is 3.65. The van der Waals surface area contributed by atoms with Crippen molar-refractivity contribution in [1.82, 2.24) is 16.0 Å². The number of rotatable bonds is 45. The summed E-state index contributed by atoms with van der Waals surface area (Å²) in [5.74, 6) is -3.31. The fourth-order valence-electron chi connectivity index (χ4n) is 6.09. The quantitative estimate of drug-likeness (QED) is 0.0458. The Morgan fingerprint density at radius 3 is 1.48 bits per heavy atom. The lowest BCUT2D eigenvalue weighted by atomic mass is 10.0. The minimum absolute atomic E-state index is 0.0356. The van der Waals surface area contributed by atoms with Crippen molar-refractivity contribution < 1.29 is 62.7 Å². The molecule has 17 nitrogen and oxygen atoms in total. The molecule has 0 aliphatic carbocycles. The molecule has 0 aromatic carbocycles. The summed E-state index contributed by atoms with van der Waals surface area (Å²) in [6.07, 6.45) is 18.7. The van der Waals surface area contributed by atoms with E-state index in [-0.39, 0.29) is 120 Å². The second kappa shape index (κ2) is 40.7. The van der Waals surface area contributed by atoms with E-state index in [2.05, 4.69) is 16.0 Å². The number of nitrogens with two attached hydrogens (primary N) is 1. The Labute approximate surface area is 357 Å². The van der Waals surface area contributed by atoms with Crippen LogP contribution < -0.4 is 21.7 Å². The topological polar surface area (TPSA) is 259 Å². The molecule has 0 bridgehead atoms. The average molecular weight is 859 g/mol. The van der Waals surface area contributed by atoms with Gasteiger partial charge in [0.25, 0.3) is 0 Å². The summed E-state index contributed by atoms with van der Waals surface area (Å²) < 4.78 is 21.4. The Morgan fingerprint density at radius 2 is 0.967 bits per heavy atom. The summed E-state index contributed by atoms with van der Waals surface area (Å²) in [6.45, 7) is 3.85. The van der Waals surface area contributed by atoms with Crippen molar-refractivity contribution in [3.05, 3.63) is 0 Å². The molecule has 0 unspecified atom stereocenters. The highest BCUT2D eigenvalue weighted by Gasteiger charge is 2.21. The third-order valence-electron chi connectivity index (χ3n) is 9.78. The predicted octanol–water partition coefficient (Wildman–Crippen LogP) is 4.60. The number of ether oxygens (including phenoxy) is 4. The molecule has 17 heteroatoms. The van der Waals surface area contributed by atoms with Crippen LogP contribution in [0.1, 0.15) is 155 Å². The molecule has 0 aliphatic heterocycles. The van der Waals surface area contributed by atoms with E-state index >= 15 is 0 Å². The summed E-state index contributed by atoms with van der Waals surface area (Å²) in [7, 11) is 0. The SMILES string of the molecule is C[C@@H](CCCCNC(=O)COCCOCCNC(=O)COCCOCCCC(=O)CC[C@H](NC(=O)CCCCCCCCCCCCCCCCC(=O)O)C(=O)O)C(N)=O. The normalized spacial score (nSPS) is 12.1. The van der Waals surface area contributed by atoms with Crippen LogP contribution in [0.2, 0.25) is 0 Å². The van der Waals surface area contributed by atoms with Gasteiger partial charge in [0.15, 0.2) is 0 Å². The van der Waals surface area contributed by atoms with Crippen molar-refractivity contribution in [1.29, 1.82) is 0 Å². The summed E-state index contributed by atoms with van der Waals surface area (Å²) >= 11 is 0. The highest BCUT2D eigenvalue weighted by Crippen LogP contribution is 2.14. The molecule has 0 radical (unpaired) electrons. The van der Waals surface area contributed by atoms with Crippen molar-refractivity contribution in [3.8, 4) is 0 Å². The monoisotopic (exact) mass is 859 g/mol. The third kappa shape index (κ3) is 39.8. The van der Waals surface area contributed by atoms with Crippen LogP contribution in [0.3, 0.4) is 0 Å². The number of aliphatic carboxylic acids is 2. The number of nitrogens with one attached hydrogen (secondary N) is 3. The Bertz CT molecular complexity index is 1170. The number of ketones is 1. The standard InChI is InChI=1S/C43H78N4O13/c1-35(42(44)54)19-16-17-25-45-39(50)33-60-32-30-58-28-26-46-40(51)34-59-31-29-57-27-18-20-36(48)23-24-37(43(55)56)47-38(49)21-14-12-10-8-6-4-2-3-5-7-9-11-13-15-22-41(52)53/h35,37H,2-34H2,1H3,(H2,44,54)(H,45,50)(H,46,51)(H,47,49)(H,52,53)(H,55,56)/t35-,37-/m0/s1. The number of carboxylic acid groups (broad SMARTS) is 2. The van der Waals surface area contributed by atoms with Crippen LogP contribution >= 0.6 is 0 Å². The van der Waals surface area contributed by atoms with Crippen LogP contribution in [0, 0.1) is 5.92 Å². The smallest absolute Gasteiger partial charge is 0.326 e. The lowest BCUT2D eigenvalue weighted by Gasteiger charge is -2.14. The van der Waals surface area contributed by atoms with Gasteiger partial charge < -0.3 is 50.8 Å². The predicted molar refractivity (Wildman–Crippen MR) is 226 cm³/mol. The van der Waals surface area contributed by atoms with E-state index in [1.807, 2.05) is 0 Å². The molecule has 0 rings (SSSR count). The van der Waals surface area contributed by atoms with E-state index < -0.39 is 18.0 Å². The number of unbranched alkanes of at least 4 members (excludes halogenated alkanes) is 14. The number of hydrogen-bond acceptors (Lipinski definition) is 11. The molecule has 0 aliphatic rings. The van der Waals surface area contributed by atoms with E-state index in [9.17, 15) is 38.7 Å². The number of amides is 4. The van der Waals surface area contributed by atoms with Gasteiger partial charge in [0, 0.05) is 51.3 Å². The second-order valence-corrected chi connectivity index (χ2v) is 15.3. The molecule has 0 spiro atoms. The summed E-state index contributed by atoms with van der Waals surface area (Å²) in [5.41, 5.74) is 5.22. The summed E-state index contributed by atoms with van der Waals surface area (Å²) in [4.78, 5) is 81.5. The van der Waals surface area contributed by atoms with Gasteiger partial charge in [-0.1, -0.05) is 90.4 Å². The van der Waals surface area contributed by atoms with Crippen molar-refractivity contribution >= 4 is 41.4 Å². The molecule has 2 atom stereocenters. The minimum Gasteiger partial charge on any atom is -0.481 e. The molecule has 0 fully saturated rings. The zero-order valence-corrected chi connectivity index (χ0v) is 36.5. The molecular formula is C43H78N4O13. The number of carbonyl (C=O) groups excluding carboxylic acids is 5. The van der Waals surface area contributed by atoms with E-state index in [1.165, 1.54) is 44.9 Å². The Morgan fingerprint density at radius 1 is 0.483 bits per heavy atom. The van der Waals surface area contributed by atoms with E-state index in [4.69, 9.17) is 29.8 Å². The van der Waals surface area contributed by atoms with Gasteiger partial charge in [-0.25, -0.2) is 4.79 Å². The van der Waals surface area contributed by atoms with Crippen LogP contribution in [-0.4, -0.2) is 124 Å². The Hall–Kier alpha value is -3.67. The first-order chi connectivity index (χ1) is 28.9. The highest BCUT2D eigenvalue weighted by molar-refractivity contribution is 5.84. The largest absolute Gasteiger partial charge is 0.481 e. The van der Waals surface area contributed by atoms with Crippen LogP contribution in [0.15, 0.2) is 0 Å². The Kier molecular flexibility index (Phi) is 38.2. The maximum Gasteiger partial charge on any atom is 0.326 e. The molecule has 4 amide bonds. The van der Waals surface area contributed by atoms with Crippen LogP contribution in [0.5, 0.6) is 0 Å². The fourth-order valence-corrected chi connectivity index (χ4v) is 6.09. The molecule has 60 heavy (non-hydrogen) atoms. The summed E-state index contributed by atoms with van der Waals surface area (Å²) in [6, 6.07) is -1.10. The third-order valence-corrected chi connectivity index (χ3v) is 9.78. The molecule has 0 aromatic rings. The molecular weight excluding hydrogens is 780 g/mol. The van der Waals surface area contributed by atoms with E-state index in [1.54, 1.807) is 6.92 Å². The maximum atomic E-state index is 12.3. The van der Waals surface area contributed by atoms with E-state index in [0.717, 1.165) is 51.4 Å². The number of hydrogen-bond donors (Lipinski definition) is 6. The van der Waals surface area contributed by atoms with Gasteiger partial charge in [0.1, 0.15) is 25.0 Å². The highest BCUT2D eigenvalue weighted by atomic mass is 16.5.